The third-order valence-corrected chi connectivity index (χ3v) is 3.60. The molecule has 0 unspecified atom stereocenters. The molecule has 17 heavy (non-hydrogen) atoms. The van der Waals surface area contributed by atoms with Crippen molar-refractivity contribution in [3.63, 3.8) is 0 Å². The molecule has 0 fully saturated rings. The van der Waals surface area contributed by atoms with Crippen LogP contribution in [0.5, 0.6) is 0 Å². The minimum absolute atomic E-state index is 0.404. The summed E-state index contributed by atoms with van der Waals surface area (Å²) in [5, 5.41) is 8.43. The van der Waals surface area contributed by atoms with Crippen LogP contribution in [0.1, 0.15) is 24.9 Å². The average molecular weight is 258 g/mol. The van der Waals surface area contributed by atoms with Crippen molar-refractivity contribution in [1.29, 1.82) is 0 Å². The molecule has 0 bridgehead atoms. The number of rotatable bonds is 6. The van der Waals surface area contributed by atoms with Crippen molar-refractivity contribution in [1.82, 2.24) is 9.71 Å². The van der Waals surface area contributed by atoms with Crippen LogP contribution in [0.25, 0.3) is 0 Å². The predicted molar refractivity (Wildman–Crippen MR) is 61.8 cm³/mol. The van der Waals surface area contributed by atoms with Gasteiger partial charge in [-0.05, 0) is 24.6 Å². The maximum absolute atomic E-state index is 11.5. The number of aromatic nitrogens is 1. The Labute approximate surface area is 99.7 Å². The number of nitrogens with one attached hydrogen (secondary N) is 1. The number of nitrogens with zero attached hydrogens (tertiary/aromatic N) is 1. The Morgan fingerprint density at radius 2 is 2.06 bits per heavy atom. The number of hydrogen-bond acceptors (Lipinski definition) is 4. The molecule has 1 atom stereocenters. The fourth-order valence-electron chi connectivity index (χ4n) is 1.27. The van der Waals surface area contributed by atoms with E-state index in [0.717, 1.165) is 5.56 Å². The Morgan fingerprint density at radius 3 is 2.59 bits per heavy atom. The lowest BCUT2D eigenvalue weighted by Crippen LogP contribution is -2.30. The maximum Gasteiger partial charge on any atom is 0.304 e. The van der Waals surface area contributed by atoms with Crippen LogP contribution in [-0.4, -0.2) is 30.2 Å². The lowest BCUT2D eigenvalue weighted by molar-refractivity contribution is -0.136. The summed E-state index contributed by atoms with van der Waals surface area (Å²) >= 11 is 0. The van der Waals surface area contributed by atoms with Gasteiger partial charge in [-0.1, -0.05) is 0 Å². The number of aliphatic carboxylic acids is 1. The highest BCUT2D eigenvalue weighted by Crippen LogP contribution is 2.11. The third-order valence-electron chi connectivity index (χ3n) is 2.15. The van der Waals surface area contributed by atoms with Gasteiger partial charge in [0.2, 0.25) is 10.0 Å². The van der Waals surface area contributed by atoms with Gasteiger partial charge in [-0.3, -0.25) is 9.78 Å². The van der Waals surface area contributed by atoms with E-state index in [4.69, 9.17) is 5.11 Å². The van der Waals surface area contributed by atoms with E-state index < -0.39 is 34.2 Å². The van der Waals surface area contributed by atoms with E-state index in [1.165, 1.54) is 0 Å². The molecule has 1 aromatic heterocycles. The molecular weight excluding hydrogens is 244 g/mol. The monoisotopic (exact) mass is 258 g/mol. The van der Waals surface area contributed by atoms with Crippen LogP contribution in [-0.2, 0) is 14.8 Å². The largest absolute Gasteiger partial charge is 0.481 e. The molecule has 2 N–H and O–H groups in total. The molecule has 0 aromatic carbocycles. The first-order valence-corrected chi connectivity index (χ1v) is 6.67. The van der Waals surface area contributed by atoms with Gasteiger partial charge in [-0.15, -0.1) is 0 Å². The molecular formula is C10H14N2O4S. The molecule has 0 amide bonds. The number of carboxylic acids is 1. The summed E-state index contributed by atoms with van der Waals surface area (Å²) in [5.74, 6) is -1.55. The zero-order valence-electron chi connectivity index (χ0n) is 9.33. The summed E-state index contributed by atoms with van der Waals surface area (Å²) in [4.78, 5) is 14.1. The number of pyridine rings is 1. The molecule has 0 spiro atoms. The van der Waals surface area contributed by atoms with Crippen molar-refractivity contribution in [2.75, 3.05) is 5.75 Å². The summed E-state index contributed by atoms with van der Waals surface area (Å²) in [6.45, 7) is 1.69. The molecule has 0 saturated carbocycles. The standard InChI is InChI=1S/C10H14N2O4S/c1-8(9-2-5-11-6-3-9)12-17(15,16)7-4-10(13)14/h2-3,5-6,8,12H,4,7H2,1H3,(H,13,14)/t8-/m1/s1. The van der Waals surface area contributed by atoms with Crippen molar-refractivity contribution >= 4 is 16.0 Å². The van der Waals surface area contributed by atoms with Crippen LogP contribution in [0.3, 0.4) is 0 Å². The predicted octanol–water partition coefficient (Wildman–Crippen LogP) is 0.537. The van der Waals surface area contributed by atoms with Gasteiger partial charge in [0, 0.05) is 18.4 Å². The van der Waals surface area contributed by atoms with Crippen molar-refractivity contribution < 1.29 is 18.3 Å². The number of carboxylic acid groups (broad SMARTS) is 1. The van der Waals surface area contributed by atoms with Crippen LogP contribution < -0.4 is 4.72 Å². The maximum atomic E-state index is 11.5. The molecule has 0 aliphatic carbocycles. The Hall–Kier alpha value is -1.47. The van der Waals surface area contributed by atoms with Gasteiger partial charge in [-0.25, -0.2) is 13.1 Å². The highest BCUT2D eigenvalue weighted by Gasteiger charge is 2.16. The topological polar surface area (TPSA) is 96.4 Å². The van der Waals surface area contributed by atoms with Crippen LogP contribution in [0.15, 0.2) is 24.5 Å². The molecule has 1 rings (SSSR count). The Bertz CT molecular complexity index is 472. The first-order chi connectivity index (χ1) is 7.91. The van der Waals surface area contributed by atoms with Gasteiger partial charge in [0.25, 0.3) is 0 Å². The van der Waals surface area contributed by atoms with E-state index in [9.17, 15) is 13.2 Å². The molecule has 94 valence electrons. The summed E-state index contributed by atoms with van der Waals surface area (Å²) in [5.41, 5.74) is 0.777. The molecule has 0 aliphatic rings. The Balaban J connectivity index is 2.62. The Kier molecular flexibility index (Phi) is 4.59. The quantitative estimate of drug-likeness (QED) is 0.776. The van der Waals surface area contributed by atoms with Crippen LogP contribution in [0, 0.1) is 0 Å². The van der Waals surface area contributed by atoms with Gasteiger partial charge in [0.1, 0.15) is 0 Å². The van der Waals surface area contributed by atoms with E-state index >= 15 is 0 Å². The fraction of sp³-hybridized carbons (Fsp3) is 0.400. The van der Waals surface area contributed by atoms with E-state index in [0.29, 0.717) is 0 Å². The second-order valence-electron chi connectivity index (χ2n) is 3.58. The average Bonchev–Trinajstić information content (AvgIpc) is 2.27. The minimum atomic E-state index is -3.58. The minimum Gasteiger partial charge on any atom is -0.481 e. The van der Waals surface area contributed by atoms with E-state index in [-0.39, 0.29) is 0 Å². The van der Waals surface area contributed by atoms with Gasteiger partial charge >= 0.3 is 5.97 Å². The first kappa shape index (κ1) is 13.6. The molecule has 0 radical (unpaired) electrons. The first-order valence-electron chi connectivity index (χ1n) is 5.02. The van der Waals surface area contributed by atoms with Gasteiger partial charge < -0.3 is 5.11 Å². The van der Waals surface area contributed by atoms with E-state index in [1.54, 1.807) is 31.5 Å². The smallest absolute Gasteiger partial charge is 0.304 e. The lowest BCUT2D eigenvalue weighted by atomic mass is 10.1. The van der Waals surface area contributed by atoms with Gasteiger partial charge in [0.05, 0.1) is 12.2 Å². The second kappa shape index (κ2) is 5.74. The molecule has 0 aliphatic heterocycles. The highest BCUT2D eigenvalue weighted by atomic mass is 32.2. The summed E-state index contributed by atoms with van der Waals surface area (Å²) in [6, 6.07) is 2.99. The lowest BCUT2D eigenvalue weighted by Gasteiger charge is -2.13. The number of hydrogen-bond donors (Lipinski definition) is 2. The zero-order valence-corrected chi connectivity index (χ0v) is 10.1. The van der Waals surface area contributed by atoms with Crippen LogP contribution >= 0.6 is 0 Å². The van der Waals surface area contributed by atoms with E-state index in [2.05, 4.69) is 9.71 Å². The normalized spacial score (nSPS) is 13.2. The summed E-state index contributed by atoms with van der Waals surface area (Å²) in [6.07, 6.45) is 2.73. The summed E-state index contributed by atoms with van der Waals surface area (Å²) < 4.78 is 25.5. The summed E-state index contributed by atoms with van der Waals surface area (Å²) in [7, 11) is -3.58. The number of carbonyl (C=O) groups is 1. The van der Waals surface area contributed by atoms with E-state index in [1.807, 2.05) is 0 Å². The molecule has 6 nitrogen and oxygen atoms in total. The third kappa shape index (κ3) is 4.92. The molecule has 1 aromatic rings. The zero-order chi connectivity index (χ0) is 12.9. The van der Waals surface area contributed by atoms with Crippen molar-refractivity contribution in [3.05, 3.63) is 30.1 Å². The highest BCUT2D eigenvalue weighted by molar-refractivity contribution is 7.89. The van der Waals surface area contributed by atoms with Gasteiger partial charge in [-0.2, -0.15) is 0 Å². The number of sulfonamides is 1. The van der Waals surface area contributed by atoms with Crippen molar-refractivity contribution in [2.45, 2.75) is 19.4 Å². The van der Waals surface area contributed by atoms with Crippen LogP contribution in [0.2, 0.25) is 0 Å². The van der Waals surface area contributed by atoms with Crippen molar-refractivity contribution in [2.24, 2.45) is 0 Å². The van der Waals surface area contributed by atoms with Crippen molar-refractivity contribution in [3.8, 4) is 0 Å². The second-order valence-corrected chi connectivity index (χ2v) is 5.46. The molecule has 7 heteroatoms. The molecule has 1 heterocycles. The fourth-order valence-corrected chi connectivity index (χ4v) is 2.51. The molecule has 0 saturated heterocycles. The Morgan fingerprint density at radius 1 is 1.47 bits per heavy atom. The SMILES string of the molecule is C[C@@H](NS(=O)(=O)CCC(=O)O)c1ccncc1. The van der Waals surface area contributed by atoms with Crippen LogP contribution in [0.4, 0.5) is 0 Å². The van der Waals surface area contributed by atoms with Gasteiger partial charge in [0.15, 0.2) is 0 Å².